The van der Waals surface area contributed by atoms with E-state index in [9.17, 15) is 19.5 Å². The molecule has 0 aromatic rings. The zero-order valence-corrected chi connectivity index (χ0v) is 23.0. The van der Waals surface area contributed by atoms with Crippen LogP contribution in [-0.2, 0) is 23.9 Å². The molecule has 3 saturated heterocycles. The van der Waals surface area contributed by atoms with Crippen molar-refractivity contribution in [2.45, 2.75) is 88.4 Å². The Labute approximate surface area is 217 Å². The summed E-state index contributed by atoms with van der Waals surface area (Å²) in [5.74, 6) is -2.36. The van der Waals surface area contributed by atoms with Gasteiger partial charge in [0.2, 0.25) is 11.8 Å². The number of rotatable bonds is 13. The van der Waals surface area contributed by atoms with Gasteiger partial charge < -0.3 is 24.4 Å². The molecule has 0 aliphatic carbocycles. The fourth-order valence-electron chi connectivity index (χ4n) is 6.24. The molecule has 3 fully saturated rings. The fourth-order valence-corrected chi connectivity index (χ4v) is 7.18. The topological polar surface area (TPSA) is 96.4 Å². The first-order chi connectivity index (χ1) is 16.7. The molecule has 0 aromatic heterocycles. The number of unbranched alkanes of at least 4 members (excludes halogenated alkanes) is 2. The van der Waals surface area contributed by atoms with Crippen LogP contribution >= 0.6 is 15.9 Å². The number of carbonyl (C=O) groups excluding carboxylic acids is 3. The van der Waals surface area contributed by atoms with Gasteiger partial charge in [-0.1, -0.05) is 55.6 Å². The van der Waals surface area contributed by atoms with Crippen molar-refractivity contribution in [3.05, 3.63) is 12.7 Å². The minimum absolute atomic E-state index is 0.179. The Morgan fingerprint density at radius 1 is 1.37 bits per heavy atom. The lowest BCUT2D eigenvalue weighted by atomic mass is 9.70. The van der Waals surface area contributed by atoms with Crippen molar-refractivity contribution in [1.29, 1.82) is 0 Å². The van der Waals surface area contributed by atoms with Gasteiger partial charge in [-0.2, -0.15) is 0 Å². The van der Waals surface area contributed by atoms with Gasteiger partial charge in [0.05, 0.1) is 37.2 Å². The molecule has 2 bridgehead atoms. The van der Waals surface area contributed by atoms with Crippen LogP contribution in [0.4, 0.5) is 0 Å². The normalized spacial score (nSPS) is 32.1. The Bertz CT molecular complexity index is 807. The van der Waals surface area contributed by atoms with E-state index in [0.29, 0.717) is 25.9 Å². The minimum Gasteiger partial charge on any atom is -0.466 e. The maximum Gasteiger partial charge on any atom is 0.312 e. The van der Waals surface area contributed by atoms with E-state index in [4.69, 9.17) is 9.47 Å². The molecule has 3 aliphatic rings. The first-order valence-corrected chi connectivity index (χ1v) is 13.9. The predicted octanol–water partition coefficient (Wildman–Crippen LogP) is 2.91. The minimum atomic E-state index is -1.14. The molecule has 1 spiro atoms. The van der Waals surface area contributed by atoms with Gasteiger partial charge in [0.25, 0.3) is 0 Å². The molecule has 1 unspecified atom stereocenters. The highest BCUT2D eigenvalue weighted by atomic mass is 79.9. The van der Waals surface area contributed by atoms with Crippen molar-refractivity contribution in [2.24, 2.45) is 17.8 Å². The third kappa shape index (κ3) is 5.05. The summed E-state index contributed by atoms with van der Waals surface area (Å²) in [5.41, 5.74) is -1.14. The molecule has 2 amide bonds. The molecular weight excluding hydrogens is 516 g/mol. The molecule has 9 heteroatoms. The zero-order valence-electron chi connectivity index (χ0n) is 21.5. The van der Waals surface area contributed by atoms with Gasteiger partial charge in [0.15, 0.2) is 0 Å². The van der Waals surface area contributed by atoms with Crippen molar-refractivity contribution in [3.63, 3.8) is 0 Å². The second kappa shape index (κ2) is 11.7. The highest BCUT2D eigenvalue weighted by Crippen LogP contribution is 2.60. The Morgan fingerprint density at radius 3 is 2.66 bits per heavy atom. The summed E-state index contributed by atoms with van der Waals surface area (Å²) >= 11 is 3.66. The van der Waals surface area contributed by atoms with Crippen LogP contribution < -0.4 is 0 Å². The summed E-state index contributed by atoms with van der Waals surface area (Å²) in [4.78, 5) is 44.4. The molecule has 8 nitrogen and oxygen atoms in total. The molecule has 3 aliphatic heterocycles. The fraction of sp³-hybridized carbons (Fsp3) is 0.808. The van der Waals surface area contributed by atoms with Crippen molar-refractivity contribution < 1.29 is 29.0 Å². The number of ether oxygens (including phenoxy) is 2. The number of carbonyl (C=O) groups is 3. The quantitative estimate of drug-likeness (QED) is 0.162. The van der Waals surface area contributed by atoms with Crippen LogP contribution in [0, 0.1) is 17.8 Å². The van der Waals surface area contributed by atoms with E-state index in [2.05, 4.69) is 29.4 Å². The molecule has 198 valence electrons. The molecule has 3 rings (SSSR count). The summed E-state index contributed by atoms with van der Waals surface area (Å²) in [6.07, 6.45) is 4.99. The van der Waals surface area contributed by atoms with E-state index in [1.807, 2.05) is 13.8 Å². The largest absolute Gasteiger partial charge is 0.466 e. The second-order valence-corrected chi connectivity index (χ2v) is 11.6. The lowest BCUT2D eigenvalue weighted by Gasteiger charge is -2.39. The van der Waals surface area contributed by atoms with Gasteiger partial charge in [-0.3, -0.25) is 14.4 Å². The molecule has 1 N–H and O–H groups in total. The van der Waals surface area contributed by atoms with Crippen molar-refractivity contribution in [3.8, 4) is 0 Å². The lowest BCUT2D eigenvalue weighted by Crippen LogP contribution is -2.59. The molecular formula is C26H41BrN2O6. The lowest BCUT2D eigenvalue weighted by molar-refractivity contribution is -0.156. The first kappa shape index (κ1) is 28.1. The van der Waals surface area contributed by atoms with Crippen molar-refractivity contribution in [2.75, 3.05) is 26.3 Å². The highest BCUT2D eigenvalue weighted by molar-refractivity contribution is 9.09. The summed E-state index contributed by atoms with van der Waals surface area (Å²) in [7, 11) is 0. The van der Waals surface area contributed by atoms with Crippen LogP contribution in [0.25, 0.3) is 0 Å². The molecule has 35 heavy (non-hydrogen) atoms. The highest BCUT2D eigenvalue weighted by Gasteiger charge is 2.77. The monoisotopic (exact) mass is 556 g/mol. The number of nitrogens with zero attached hydrogens (tertiary/aromatic N) is 2. The summed E-state index contributed by atoms with van der Waals surface area (Å²) < 4.78 is 11.8. The van der Waals surface area contributed by atoms with E-state index in [-0.39, 0.29) is 35.8 Å². The third-order valence-electron chi connectivity index (χ3n) is 7.56. The van der Waals surface area contributed by atoms with Crippen LogP contribution in [0.3, 0.4) is 0 Å². The van der Waals surface area contributed by atoms with Crippen LogP contribution in [0.15, 0.2) is 12.7 Å². The number of halogens is 1. The molecule has 0 aromatic carbocycles. The Hall–Kier alpha value is -1.45. The van der Waals surface area contributed by atoms with Crippen LogP contribution in [0.1, 0.15) is 59.8 Å². The number of alkyl halides is 1. The summed E-state index contributed by atoms with van der Waals surface area (Å²) in [6.45, 7) is 12.6. The number of hydrogen-bond donors (Lipinski definition) is 1. The van der Waals surface area contributed by atoms with Crippen LogP contribution in [-0.4, -0.2) is 87.6 Å². The Kier molecular flexibility index (Phi) is 9.43. The van der Waals surface area contributed by atoms with Gasteiger partial charge in [-0.15, -0.1) is 6.58 Å². The average molecular weight is 558 g/mol. The van der Waals surface area contributed by atoms with Gasteiger partial charge in [-0.05, 0) is 32.1 Å². The predicted molar refractivity (Wildman–Crippen MR) is 136 cm³/mol. The number of amides is 2. The molecule has 0 saturated carbocycles. The Balaban J connectivity index is 2.08. The van der Waals surface area contributed by atoms with Gasteiger partial charge in [-0.25, -0.2) is 0 Å². The number of aliphatic hydroxyl groups is 1. The summed E-state index contributed by atoms with van der Waals surface area (Å²) in [5, 5.41) is 10.3. The SMILES string of the molecule is C=CCN(CCCCC)C(=O)[C@H]1N([C@@H](CO)CC(C)C)C(=O)[C@@H]2[C@@H](C(=O)OCC)[C@@H]3O[C@@]21CC3Br. The van der Waals surface area contributed by atoms with E-state index in [1.54, 1.807) is 22.8 Å². The van der Waals surface area contributed by atoms with Gasteiger partial charge in [0, 0.05) is 17.9 Å². The zero-order chi connectivity index (χ0) is 25.9. The number of aliphatic hydroxyl groups excluding tert-OH is 1. The maximum absolute atomic E-state index is 14.2. The summed E-state index contributed by atoms with van der Waals surface area (Å²) in [6, 6.07) is -1.46. The molecule has 3 heterocycles. The molecule has 7 atom stereocenters. The van der Waals surface area contributed by atoms with E-state index in [1.165, 1.54) is 0 Å². The average Bonchev–Trinajstić information content (AvgIpc) is 3.40. The van der Waals surface area contributed by atoms with Crippen molar-refractivity contribution in [1.82, 2.24) is 9.80 Å². The standard InChI is InChI=1S/C26H41BrN2O6/c1-6-9-10-12-28(11-7-2)24(32)22-26-14-18(27)21(35-26)19(25(33)34-8-3)20(26)23(31)29(22)17(15-30)13-16(4)5/h7,16-22,30H,2,6,8-15H2,1,3-5H3/t17-,18?,19-,20+,21-,22-,26+/m1/s1. The first-order valence-electron chi connectivity index (χ1n) is 13.0. The van der Waals surface area contributed by atoms with E-state index < -0.39 is 41.6 Å². The maximum atomic E-state index is 14.2. The van der Waals surface area contributed by atoms with E-state index >= 15 is 0 Å². The number of esters is 1. The molecule has 0 radical (unpaired) electrons. The Morgan fingerprint density at radius 2 is 2.09 bits per heavy atom. The number of fused-ring (bicyclic) bond motifs is 1. The van der Waals surface area contributed by atoms with Crippen molar-refractivity contribution >= 4 is 33.7 Å². The van der Waals surface area contributed by atoms with E-state index in [0.717, 1.165) is 19.3 Å². The van der Waals surface area contributed by atoms with Crippen LogP contribution in [0.2, 0.25) is 0 Å². The second-order valence-electron chi connectivity index (χ2n) is 10.4. The number of hydrogen-bond acceptors (Lipinski definition) is 6. The third-order valence-corrected chi connectivity index (χ3v) is 8.40. The van der Waals surface area contributed by atoms with Crippen LogP contribution in [0.5, 0.6) is 0 Å². The number of likely N-dealkylation sites (tertiary alicyclic amines) is 1. The smallest absolute Gasteiger partial charge is 0.312 e. The van der Waals surface area contributed by atoms with Gasteiger partial charge >= 0.3 is 5.97 Å². The van der Waals surface area contributed by atoms with Gasteiger partial charge in [0.1, 0.15) is 11.6 Å².